The van der Waals surface area contributed by atoms with Gasteiger partial charge in [0.1, 0.15) is 6.04 Å². The van der Waals surface area contributed by atoms with Gasteiger partial charge in [-0.05, 0) is 29.8 Å². The van der Waals surface area contributed by atoms with Crippen molar-refractivity contribution < 1.29 is 14.3 Å². The summed E-state index contributed by atoms with van der Waals surface area (Å²) in [6.07, 6.45) is -1.67. The number of hydrogen-bond donors (Lipinski definition) is 2. The summed E-state index contributed by atoms with van der Waals surface area (Å²) < 4.78 is 4.90. The van der Waals surface area contributed by atoms with Crippen molar-refractivity contribution in [2.45, 2.75) is 12.1 Å². The van der Waals surface area contributed by atoms with Gasteiger partial charge in [-0.25, -0.2) is 4.79 Å². The molecule has 0 aromatic heterocycles. The minimum absolute atomic E-state index is 0.599. The lowest BCUT2D eigenvalue weighted by Crippen LogP contribution is -2.34. The van der Waals surface area contributed by atoms with Crippen LogP contribution in [0.15, 0.2) is 54.6 Å². The fourth-order valence-corrected chi connectivity index (χ4v) is 2.38. The molecule has 1 fully saturated rings. The molecule has 2 aromatic rings. The molecular weight excluding hydrogens is 292 g/mol. The maximum atomic E-state index is 11.4. The first-order valence-electron chi connectivity index (χ1n) is 7.07. The van der Waals surface area contributed by atoms with Gasteiger partial charge in [-0.2, -0.15) is 0 Å². The second-order valence-electron chi connectivity index (χ2n) is 5.09. The lowest BCUT2D eigenvalue weighted by molar-refractivity contribution is -0.125. The highest BCUT2D eigenvalue weighted by atomic mass is 16.6. The number of carbonyl (C=O) groups excluding carboxylic acids is 2. The summed E-state index contributed by atoms with van der Waals surface area (Å²) >= 11 is 0. The van der Waals surface area contributed by atoms with Gasteiger partial charge in [-0.15, -0.1) is 0 Å². The van der Waals surface area contributed by atoms with Gasteiger partial charge in [0.25, 0.3) is 5.91 Å². The van der Waals surface area contributed by atoms with Crippen LogP contribution in [0.5, 0.6) is 0 Å². The molecule has 23 heavy (non-hydrogen) atoms. The molecule has 3 N–H and O–H groups in total. The van der Waals surface area contributed by atoms with E-state index in [0.717, 1.165) is 16.7 Å². The summed E-state index contributed by atoms with van der Waals surface area (Å²) in [6, 6.07) is 16.3. The van der Waals surface area contributed by atoms with E-state index in [4.69, 9.17) is 10.5 Å². The predicted octanol–water partition coefficient (Wildman–Crippen LogP) is 1.72. The van der Waals surface area contributed by atoms with Gasteiger partial charge < -0.3 is 15.8 Å². The first-order chi connectivity index (χ1) is 11.1. The zero-order chi connectivity index (χ0) is 16.2. The third-order valence-electron chi connectivity index (χ3n) is 3.46. The van der Waals surface area contributed by atoms with E-state index in [1.807, 2.05) is 48.5 Å². The van der Waals surface area contributed by atoms with Gasteiger partial charge >= 0.3 is 6.09 Å². The van der Waals surface area contributed by atoms with Crippen molar-refractivity contribution in [1.82, 2.24) is 5.32 Å². The maximum Gasteiger partial charge on any atom is 0.408 e. The van der Waals surface area contributed by atoms with Gasteiger partial charge in [-0.1, -0.05) is 42.2 Å². The van der Waals surface area contributed by atoms with Crippen molar-refractivity contribution >= 4 is 12.0 Å². The molecule has 3 rings (SSSR count). The first-order valence-corrected chi connectivity index (χ1v) is 7.07. The minimum Gasteiger partial charge on any atom is -0.433 e. The van der Waals surface area contributed by atoms with Crippen molar-refractivity contribution in [1.29, 1.82) is 0 Å². The topological polar surface area (TPSA) is 81.4 Å². The van der Waals surface area contributed by atoms with Crippen molar-refractivity contribution in [3.63, 3.8) is 0 Å². The van der Waals surface area contributed by atoms with E-state index < -0.39 is 24.1 Å². The van der Waals surface area contributed by atoms with Crippen LogP contribution in [-0.2, 0) is 9.53 Å². The molecule has 0 saturated carbocycles. The lowest BCUT2D eigenvalue weighted by Gasteiger charge is -2.14. The first kappa shape index (κ1) is 14.7. The summed E-state index contributed by atoms with van der Waals surface area (Å²) in [5.41, 5.74) is 7.68. The fraction of sp³-hybridized carbons (Fsp3) is 0.111. The quantitative estimate of drug-likeness (QED) is 0.829. The van der Waals surface area contributed by atoms with Gasteiger partial charge in [0, 0.05) is 11.1 Å². The Morgan fingerprint density at radius 3 is 2.48 bits per heavy atom. The number of ether oxygens (including phenoxy) is 1. The molecule has 2 atom stereocenters. The van der Waals surface area contributed by atoms with E-state index in [1.54, 1.807) is 6.07 Å². The Morgan fingerprint density at radius 1 is 1.04 bits per heavy atom. The molecule has 5 heteroatoms. The highest BCUT2D eigenvalue weighted by Crippen LogP contribution is 2.25. The standard InChI is InChI=1S/C18H14N2O3/c19-17(21)16-15(20-18(22)23-16)14-8-4-7-13(11-14)10-9-12-5-2-1-3-6-12/h1-8,11,15-16H,(H2,19,21)(H,20,22)/t15-,16+/m1/s1. The molecule has 0 bridgehead atoms. The van der Waals surface area contributed by atoms with Crippen molar-refractivity contribution in [2.75, 3.05) is 0 Å². The van der Waals surface area contributed by atoms with Gasteiger partial charge in [0.2, 0.25) is 6.10 Å². The molecule has 2 amide bonds. The lowest BCUT2D eigenvalue weighted by atomic mass is 9.99. The highest BCUT2D eigenvalue weighted by molar-refractivity contribution is 5.86. The number of hydrogen-bond acceptors (Lipinski definition) is 3. The Bertz CT molecular complexity index is 806. The minimum atomic E-state index is -1.01. The van der Waals surface area contributed by atoms with E-state index in [1.165, 1.54) is 0 Å². The van der Waals surface area contributed by atoms with Gasteiger partial charge in [-0.3, -0.25) is 4.79 Å². The number of carbonyl (C=O) groups is 2. The molecule has 0 aliphatic carbocycles. The number of primary amides is 1. The molecule has 1 aliphatic rings. The number of amides is 2. The molecular formula is C18H14N2O3. The molecule has 1 saturated heterocycles. The monoisotopic (exact) mass is 306 g/mol. The highest BCUT2D eigenvalue weighted by Gasteiger charge is 2.39. The van der Waals surface area contributed by atoms with Gasteiger partial charge in [0.05, 0.1) is 0 Å². The number of benzene rings is 2. The molecule has 0 radical (unpaired) electrons. The van der Waals surface area contributed by atoms with Crippen LogP contribution in [0.3, 0.4) is 0 Å². The Labute approximate surface area is 133 Å². The number of cyclic esters (lactones) is 1. The van der Waals surface area contributed by atoms with Crippen LogP contribution in [-0.4, -0.2) is 18.1 Å². The van der Waals surface area contributed by atoms with Crippen LogP contribution in [0.25, 0.3) is 0 Å². The fourth-order valence-electron chi connectivity index (χ4n) is 2.38. The van der Waals surface area contributed by atoms with E-state index in [9.17, 15) is 9.59 Å². The summed E-state index contributed by atoms with van der Waals surface area (Å²) in [4.78, 5) is 22.8. The Morgan fingerprint density at radius 2 is 1.74 bits per heavy atom. The zero-order valence-electron chi connectivity index (χ0n) is 12.2. The summed E-state index contributed by atoms with van der Waals surface area (Å²) in [7, 11) is 0. The SMILES string of the molecule is NC(=O)[C@H]1OC(=O)N[C@@H]1c1cccc(C#Cc2ccccc2)c1. The third-order valence-corrected chi connectivity index (χ3v) is 3.46. The van der Waals surface area contributed by atoms with Crippen LogP contribution < -0.4 is 11.1 Å². The Kier molecular flexibility index (Phi) is 3.98. The second-order valence-corrected chi connectivity index (χ2v) is 5.09. The average molecular weight is 306 g/mol. The molecule has 2 aromatic carbocycles. The van der Waals surface area contributed by atoms with Crippen LogP contribution >= 0.6 is 0 Å². The number of nitrogens with two attached hydrogens (primary N) is 1. The predicted molar refractivity (Wildman–Crippen MR) is 84.2 cm³/mol. The average Bonchev–Trinajstić information content (AvgIpc) is 2.96. The zero-order valence-corrected chi connectivity index (χ0v) is 12.2. The van der Waals surface area contributed by atoms with Crippen LogP contribution in [0.1, 0.15) is 22.7 Å². The second kappa shape index (κ2) is 6.24. The third kappa shape index (κ3) is 3.33. The molecule has 0 spiro atoms. The van der Waals surface area contributed by atoms with E-state index in [0.29, 0.717) is 0 Å². The summed E-state index contributed by atoms with van der Waals surface area (Å²) in [5.74, 6) is 5.44. The van der Waals surface area contributed by atoms with E-state index >= 15 is 0 Å². The molecule has 5 nitrogen and oxygen atoms in total. The Balaban J connectivity index is 1.87. The van der Waals surface area contributed by atoms with Crippen molar-refractivity contribution in [3.05, 3.63) is 71.3 Å². The van der Waals surface area contributed by atoms with E-state index in [2.05, 4.69) is 17.2 Å². The van der Waals surface area contributed by atoms with Crippen molar-refractivity contribution in [2.24, 2.45) is 5.73 Å². The summed E-state index contributed by atoms with van der Waals surface area (Å²) in [5, 5.41) is 2.59. The maximum absolute atomic E-state index is 11.4. The molecule has 1 aliphatic heterocycles. The van der Waals surface area contributed by atoms with Crippen molar-refractivity contribution in [3.8, 4) is 11.8 Å². The Hall–Kier alpha value is -3.26. The molecule has 0 unspecified atom stereocenters. The molecule has 1 heterocycles. The molecule has 114 valence electrons. The van der Waals surface area contributed by atoms with Crippen LogP contribution in [0, 0.1) is 11.8 Å². The van der Waals surface area contributed by atoms with E-state index in [-0.39, 0.29) is 0 Å². The van der Waals surface area contributed by atoms with Gasteiger partial charge in [0.15, 0.2) is 0 Å². The number of alkyl carbamates (subject to hydrolysis) is 1. The van der Waals surface area contributed by atoms with Crippen LogP contribution in [0.2, 0.25) is 0 Å². The summed E-state index contributed by atoms with van der Waals surface area (Å²) in [6.45, 7) is 0. The normalized spacial score (nSPS) is 19.2. The number of nitrogens with one attached hydrogen (secondary N) is 1. The largest absolute Gasteiger partial charge is 0.433 e. The smallest absolute Gasteiger partial charge is 0.408 e. The van der Waals surface area contributed by atoms with Crippen LogP contribution in [0.4, 0.5) is 4.79 Å². The number of rotatable bonds is 2.